The number of aromatic amines is 1. The summed E-state index contributed by atoms with van der Waals surface area (Å²) >= 11 is 0. The number of benzene rings is 2. The Hall–Kier alpha value is -2.75. The summed E-state index contributed by atoms with van der Waals surface area (Å²) in [5, 5.41) is 3.79. The summed E-state index contributed by atoms with van der Waals surface area (Å²) in [6, 6.07) is 13.3. The zero-order chi connectivity index (χ0) is 14.8. The van der Waals surface area contributed by atoms with Crippen molar-refractivity contribution in [1.29, 1.82) is 0 Å². The molecule has 0 spiro atoms. The van der Waals surface area contributed by atoms with Crippen LogP contribution in [0.25, 0.3) is 10.9 Å². The molecule has 1 heterocycles. The van der Waals surface area contributed by atoms with Gasteiger partial charge in [0.15, 0.2) is 0 Å². The number of ether oxygens (including phenoxy) is 1. The minimum atomic E-state index is -0.128. The lowest BCUT2D eigenvalue weighted by molar-refractivity contribution is 0.102. The number of methoxy groups -OCH3 is 1. The van der Waals surface area contributed by atoms with Crippen molar-refractivity contribution in [3.05, 3.63) is 59.8 Å². The van der Waals surface area contributed by atoms with Crippen molar-refractivity contribution in [3.63, 3.8) is 0 Å². The number of carbonyl (C=O) groups is 1. The van der Waals surface area contributed by atoms with Gasteiger partial charge in [0, 0.05) is 28.9 Å². The molecule has 0 aliphatic heterocycles. The Morgan fingerprint density at radius 3 is 2.81 bits per heavy atom. The van der Waals surface area contributed by atoms with Crippen molar-refractivity contribution in [2.24, 2.45) is 0 Å². The molecule has 2 aromatic carbocycles. The highest BCUT2D eigenvalue weighted by molar-refractivity contribution is 6.12. The summed E-state index contributed by atoms with van der Waals surface area (Å²) in [5.41, 5.74) is 3.40. The molecule has 0 saturated heterocycles. The second-order valence-electron chi connectivity index (χ2n) is 4.94. The number of aromatic nitrogens is 1. The molecule has 0 saturated carbocycles. The van der Waals surface area contributed by atoms with Crippen LogP contribution in [0.1, 0.15) is 15.9 Å². The van der Waals surface area contributed by atoms with Gasteiger partial charge in [-0.1, -0.05) is 12.1 Å². The molecule has 1 amide bonds. The van der Waals surface area contributed by atoms with E-state index in [1.165, 1.54) is 0 Å². The maximum atomic E-state index is 12.4. The molecule has 4 nitrogen and oxygen atoms in total. The molecule has 4 heteroatoms. The highest BCUT2D eigenvalue weighted by Crippen LogP contribution is 2.24. The molecule has 0 unspecified atom stereocenters. The first kappa shape index (κ1) is 13.2. The largest absolute Gasteiger partial charge is 0.497 e. The van der Waals surface area contributed by atoms with E-state index >= 15 is 0 Å². The van der Waals surface area contributed by atoms with Gasteiger partial charge in [-0.05, 0) is 36.8 Å². The van der Waals surface area contributed by atoms with Crippen LogP contribution in [0.5, 0.6) is 5.75 Å². The van der Waals surface area contributed by atoms with Gasteiger partial charge in [-0.15, -0.1) is 0 Å². The van der Waals surface area contributed by atoms with Crippen molar-refractivity contribution in [3.8, 4) is 5.75 Å². The molecule has 0 fully saturated rings. The quantitative estimate of drug-likeness (QED) is 0.768. The average molecular weight is 280 g/mol. The number of aryl methyl sites for hydroxylation is 1. The van der Waals surface area contributed by atoms with Crippen molar-refractivity contribution in [2.75, 3.05) is 12.4 Å². The summed E-state index contributed by atoms with van der Waals surface area (Å²) in [6.45, 7) is 1.99. The van der Waals surface area contributed by atoms with Crippen LogP contribution in [-0.4, -0.2) is 18.0 Å². The van der Waals surface area contributed by atoms with Gasteiger partial charge in [-0.3, -0.25) is 4.79 Å². The molecule has 0 atom stereocenters. The number of H-pyrrole nitrogens is 1. The van der Waals surface area contributed by atoms with Crippen LogP contribution in [-0.2, 0) is 0 Å². The standard InChI is InChI=1S/C17H16N2O2/c1-11-4-3-5-12(8-11)19-17(20)15-10-18-16-9-13(21-2)6-7-14(15)16/h3-10,18H,1-2H3,(H,19,20). The number of fused-ring (bicyclic) bond motifs is 1. The fourth-order valence-corrected chi connectivity index (χ4v) is 2.34. The van der Waals surface area contributed by atoms with Crippen molar-refractivity contribution >= 4 is 22.5 Å². The Balaban J connectivity index is 1.91. The van der Waals surface area contributed by atoms with E-state index in [1.54, 1.807) is 13.3 Å². The molecule has 0 bridgehead atoms. The maximum absolute atomic E-state index is 12.4. The zero-order valence-corrected chi connectivity index (χ0v) is 11.9. The second kappa shape index (κ2) is 5.32. The van der Waals surface area contributed by atoms with Gasteiger partial charge < -0.3 is 15.0 Å². The first-order chi connectivity index (χ1) is 10.2. The van der Waals surface area contributed by atoms with E-state index in [0.29, 0.717) is 5.56 Å². The molecule has 3 rings (SSSR count). The Labute approximate surface area is 122 Å². The Morgan fingerprint density at radius 1 is 1.19 bits per heavy atom. The highest BCUT2D eigenvalue weighted by atomic mass is 16.5. The van der Waals surface area contributed by atoms with Gasteiger partial charge in [0.05, 0.1) is 12.7 Å². The number of nitrogens with one attached hydrogen (secondary N) is 2. The van der Waals surface area contributed by atoms with E-state index in [2.05, 4.69) is 10.3 Å². The number of carbonyl (C=O) groups excluding carboxylic acids is 1. The number of hydrogen-bond acceptors (Lipinski definition) is 2. The number of anilines is 1. The smallest absolute Gasteiger partial charge is 0.257 e. The minimum absolute atomic E-state index is 0.128. The highest BCUT2D eigenvalue weighted by Gasteiger charge is 2.12. The monoisotopic (exact) mass is 280 g/mol. The SMILES string of the molecule is COc1ccc2c(C(=O)Nc3cccc(C)c3)c[nH]c2c1. The van der Waals surface area contributed by atoms with Crippen molar-refractivity contribution in [2.45, 2.75) is 6.92 Å². The van der Waals surface area contributed by atoms with Crippen LogP contribution in [0.2, 0.25) is 0 Å². The van der Waals surface area contributed by atoms with Crippen LogP contribution in [0.3, 0.4) is 0 Å². The molecule has 21 heavy (non-hydrogen) atoms. The molecule has 2 N–H and O–H groups in total. The maximum Gasteiger partial charge on any atom is 0.257 e. The van der Waals surface area contributed by atoms with Gasteiger partial charge in [0.1, 0.15) is 5.75 Å². The van der Waals surface area contributed by atoms with E-state index in [0.717, 1.165) is 27.9 Å². The third kappa shape index (κ3) is 2.60. The molecule has 0 aliphatic carbocycles. The molecule has 3 aromatic rings. The van der Waals surface area contributed by atoms with E-state index in [9.17, 15) is 4.79 Å². The van der Waals surface area contributed by atoms with Crippen molar-refractivity contribution < 1.29 is 9.53 Å². The summed E-state index contributed by atoms with van der Waals surface area (Å²) in [4.78, 5) is 15.5. The van der Waals surface area contributed by atoms with Gasteiger partial charge in [-0.25, -0.2) is 0 Å². The topological polar surface area (TPSA) is 54.1 Å². The van der Waals surface area contributed by atoms with E-state index in [1.807, 2.05) is 49.4 Å². The lowest BCUT2D eigenvalue weighted by Gasteiger charge is -2.05. The molecule has 0 aliphatic rings. The minimum Gasteiger partial charge on any atom is -0.497 e. The lowest BCUT2D eigenvalue weighted by atomic mass is 10.1. The predicted molar refractivity (Wildman–Crippen MR) is 84.0 cm³/mol. The number of rotatable bonds is 3. The Morgan fingerprint density at radius 2 is 2.05 bits per heavy atom. The third-order valence-corrected chi connectivity index (χ3v) is 3.41. The van der Waals surface area contributed by atoms with Crippen LogP contribution in [0, 0.1) is 6.92 Å². The fourth-order valence-electron chi connectivity index (χ4n) is 2.34. The molecule has 106 valence electrons. The molecule has 0 radical (unpaired) electrons. The fraction of sp³-hybridized carbons (Fsp3) is 0.118. The molecule has 1 aromatic heterocycles. The Bertz CT molecular complexity index is 805. The van der Waals surface area contributed by atoms with Crippen LogP contribution in [0.4, 0.5) is 5.69 Å². The zero-order valence-electron chi connectivity index (χ0n) is 11.9. The van der Waals surface area contributed by atoms with Crippen LogP contribution >= 0.6 is 0 Å². The number of hydrogen-bond donors (Lipinski definition) is 2. The van der Waals surface area contributed by atoms with Crippen LogP contribution < -0.4 is 10.1 Å². The predicted octanol–water partition coefficient (Wildman–Crippen LogP) is 3.74. The first-order valence-corrected chi connectivity index (χ1v) is 6.70. The van der Waals surface area contributed by atoms with Crippen LogP contribution in [0.15, 0.2) is 48.7 Å². The van der Waals surface area contributed by atoms with E-state index in [4.69, 9.17) is 4.74 Å². The molecular weight excluding hydrogens is 264 g/mol. The van der Waals surface area contributed by atoms with Gasteiger partial charge in [0.2, 0.25) is 0 Å². The average Bonchev–Trinajstić information content (AvgIpc) is 2.90. The lowest BCUT2D eigenvalue weighted by Crippen LogP contribution is -2.11. The van der Waals surface area contributed by atoms with E-state index in [-0.39, 0.29) is 5.91 Å². The summed E-state index contributed by atoms with van der Waals surface area (Å²) in [6.07, 6.45) is 1.72. The van der Waals surface area contributed by atoms with Gasteiger partial charge in [0.25, 0.3) is 5.91 Å². The van der Waals surface area contributed by atoms with Gasteiger partial charge in [-0.2, -0.15) is 0 Å². The summed E-state index contributed by atoms with van der Waals surface area (Å²) < 4.78 is 5.18. The second-order valence-corrected chi connectivity index (χ2v) is 4.94. The molecular formula is C17H16N2O2. The number of amides is 1. The van der Waals surface area contributed by atoms with Gasteiger partial charge >= 0.3 is 0 Å². The summed E-state index contributed by atoms with van der Waals surface area (Å²) in [7, 11) is 1.62. The first-order valence-electron chi connectivity index (χ1n) is 6.70. The van der Waals surface area contributed by atoms with E-state index < -0.39 is 0 Å². The third-order valence-electron chi connectivity index (χ3n) is 3.41. The van der Waals surface area contributed by atoms with Crippen molar-refractivity contribution in [1.82, 2.24) is 4.98 Å². The Kier molecular flexibility index (Phi) is 3.36. The normalized spacial score (nSPS) is 10.6. The summed E-state index contributed by atoms with van der Waals surface area (Å²) in [5.74, 6) is 0.631.